The van der Waals surface area contributed by atoms with Gasteiger partial charge in [0, 0.05) is 0 Å². The fourth-order valence-corrected chi connectivity index (χ4v) is 1.73. The van der Waals surface area contributed by atoms with Crippen LogP contribution in [0.1, 0.15) is 16.2 Å². The molecule has 0 atom stereocenters. The van der Waals surface area contributed by atoms with E-state index < -0.39 is 5.97 Å². The second-order valence-corrected chi connectivity index (χ2v) is 3.86. The summed E-state index contributed by atoms with van der Waals surface area (Å²) in [5.41, 5.74) is 6.47. The van der Waals surface area contributed by atoms with E-state index in [4.69, 9.17) is 17.3 Å². The van der Waals surface area contributed by atoms with E-state index in [2.05, 4.69) is 14.8 Å². The Morgan fingerprint density at radius 2 is 2.26 bits per heavy atom. The molecule has 2 rings (SSSR count). The molecule has 1 aromatic heterocycles. The van der Waals surface area contributed by atoms with Gasteiger partial charge in [-0.2, -0.15) is 5.10 Å². The normalized spacial score (nSPS) is 9.84. The van der Waals surface area contributed by atoms with E-state index in [1.807, 2.05) is 0 Å². The van der Waals surface area contributed by atoms with Crippen LogP contribution in [0, 0.1) is 0 Å². The summed E-state index contributed by atoms with van der Waals surface area (Å²) in [5.74, 6) is 0.0874. The van der Waals surface area contributed by atoms with E-state index in [9.17, 15) is 4.79 Å². The number of rotatable bonds is 3. The summed E-state index contributed by atoms with van der Waals surface area (Å²) in [4.78, 5) is 15.5. The number of esters is 1. The Morgan fingerprint density at radius 3 is 2.89 bits per heavy atom. The number of halogens is 2. The van der Waals surface area contributed by atoms with Gasteiger partial charge in [0.15, 0.2) is 0 Å². The number of ether oxygens (including phenoxy) is 1. The first-order valence-electron chi connectivity index (χ1n) is 5.14. The minimum atomic E-state index is -0.503. The predicted octanol–water partition coefficient (Wildman–Crippen LogP) is 1.59. The zero-order valence-corrected chi connectivity index (χ0v) is 11.6. The number of nitrogens with zero attached hydrogens (tertiary/aromatic N) is 3. The molecule has 0 saturated heterocycles. The molecule has 0 saturated carbocycles. The molecule has 102 valence electrons. The molecule has 0 aliphatic rings. The molecule has 1 heterocycles. The molecule has 2 aromatic rings. The van der Waals surface area contributed by atoms with E-state index >= 15 is 0 Å². The number of benzene rings is 1. The van der Waals surface area contributed by atoms with Crippen molar-refractivity contribution in [3.63, 3.8) is 0 Å². The van der Waals surface area contributed by atoms with Gasteiger partial charge in [-0.3, -0.25) is 0 Å². The van der Waals surface area contributed by atoms with E-state index in [1.54, 1.807) is 22.9 Å². The molecule has 0 fully saturated rings. The Hall–Kier alpha value is -1.63. The average molecular weight is 303 g/mol. The lowest BCUT2D eigenvalue weighted by Crippen LogP contribution is -2.09. The summed E-state index contributed by atoms with van der Waals surface area (Å²) < 4.78 is 6.20. The molecule has 0 unspecified atom stereocenters. The molecule has 0 amide bonds. The summed E-state index contributed by atoms with van der Waals surface area (Å²) in [6.07, 6.45) is 1.40. The Kier molecular flexibility index (Phi) is 5.29. The van der Waals surface area contributed by atoms with Crippen LogP contribution in [0.15, 0.2) is 24.5 Å². The van der Waals surface area contributed by atoms with Crippen molar-refractivity contribution >= 4 is 30.0 Å². The molecule has 2 N–H and O–H groups in total. The van der Waals surface area contributed by atoms with Gasteiger partial charge in [0.1, 0.15) is 12.2 Å². The van der Waals surface area contributed by atoms with Crippen molar-refractivity contribution in [2.45, 2.75) is 6.54 Å². The highest BCUT2D eigenvalue weighted by Crippen LogP contribution is 2.20. The molecule has 6 nitrogen and oxygen atoms in total. The van der Waals surface area contributed by atoms with E-state index in [0.717, 1.165) is 0 Å². The first kappa shape index (κ1) is 15.4. The van der Waals surface area contributed by atoms with Gasteiger partial charge in [0.05, 0.1) is 29.9 Å². The van der Waals surface area contributed by atoms with Gasteiger partial charge in [-0.05, 0) is 18.2 Å². The Morgan fingerprint density at radius 1 is 1.53 bits per heavy atom. The van der Waals surface area contributed by atoms with Crippen LogP contribution in [0.2, 0.25) is 5.02 Å². The van der Waals surface area contributed by atoms with Crippen LogP contribution in [0.5, 0.6) is 0 Å². The Bertz CT molecular complexity index is 586. The van der Waals surface area contributed by atoms with Gasteiger partial charge in [0.2, 0.25) is 0 Å². The number of carbonyl (C=O) groups excluding carboxylic acids is 1. The van der Waals surface area contributed by atoms with Gasteiger partial charge < -0.3 is 10.5 Å². The molecule has 0 radical (unpaired) electrons. The zero-order valence-electron chi connectivity index (χ0n) is 10.0. The number of hydrogen-bond acceptors (Lipinski definition) is 5. The average Bonchev–Trinajstić information content (AvgIpc) is 2.86. The van der Waals surface area contributed by atoms with E-state index in [-0.39, 0.29) is 24.5 Å². The Balaban J connectivity index is 0.00000180. The SMILES string of the molecule is COC(=O)c1cc(-n2ncnc2CN)ccc1Cl.Cl. The van der Waals surface area contributed by atoms with Crippen molar-refractivity contribution in [1.82, 2.24) is 14.8 Å². The van der Waals surface area contributed by atoms with Crippen molar-refractivity contribution in [1.29, 1.82) is 0 Å². The van der Waals surface area contributed by atoms with Crippen LogP contribution < -0.4 is 5.73 Å². The highest BCUT2D eigenvalue weighted by atomic mass is 35.5. The number of carbonyl (C=O) groups is 1. The molecule has 8 heteroatoms. The van der Waals surface area contributed by atoms with Gasteiger partial charge >= 0.3 is 5.97 Å². The highest BCUT2D eigenvalue weighted by Gasteiger charge is 2.13. The molecule has 19 heavy (non-hydrogen) atoms. The second kappa shape index (κ2) is 6.51. The standard InChI is InChI=1S/C11H11ClN4O2.ClH/c1-18-11(17)8-4-7(2-3-9(8)12)16-10(5-13)14-6-15-16;/h2-4,6H,5,13H2,1H3;1H. The molecule has 1 aromatic carbocycles. The minimum absolute atomic E-state index is 0. The smallest absolute Gasteiger partial charge is 0.339 e. The summed E-state index contributed by atoms with van der Waals surface area (Å²) in [7, 11) is 1.30. The van der Waals surface area contributed by atoms with Crippen LogP contribution in [0.25, 0.3) is 5.69 Å². The van der Waals surface area contributed by atoms with Gasteiger partial charge in [-0.15, -0.1) is 12.4 Å². The number of nitrogens with two attached hydrogens (primary N) is 1. The minimum Gasteiger partial charge on any atom is -0.465 e. The van der Waals surface area contributed by atoms with Gasteiger partial charge in [0.25, 0.3) is 0 Å². The zero-order chi connectivity index (χ0) is 13.1. The van der Waals surface area contributed by atoms with Crippen molar-refractivity contribution in [3.8, 4) is 5.69 Å². The number of aromatic nitrogens is 3. The van der Waals surface area contributed by atoms with Crippen molar-refractivity contribution in [3.05, 3.63) is 40.9 Å². The first-order chi connectivity index (χ1) is 8.67. The van der Waals surface area contributed by atoms with Crippen molar-refractivity contribution in [2.24, 2.45) is 5.73 Å². The summed E-state index contributed by atoms with van der Waals surface area (Å²) in [5, 5.41) is 4.36. The summed E-state index contributed by atoms with van der Waals surface area (Å²) in [6.45, 7) is 0.246. The predicted molar refractivity (Wildman–Crippen MR) is 72.8 cm³/mol. The van der Waals surface area contributed by atoms with Crippen LogP contribution in [-0.4, -0.2) is 27.8 Å². The van der Waals surface area contributed by atoms with Crippen LogP contribution in [0.3, 0.4) is 0 Å². The Labute approximate surface area is 120 Å². The second-order valence-electron chi connectivity index (χ2n) is 3.45. The molecule has 0 spiro atoms. The third-order valence-corrected chi connectivity index (χ3v) is 2.73. The molecule has 0 aliphatic carbocycles. The third-order valence-electron chi connectivity index (χ3n) is 2.40. The first-order valence-corrected chi connectivity index (χ1v) is 5.52. The summed E-state index contributed by atoms with van der Waals surface area (Å²) >= 11 is 5.93. The lowest BCUT2D eigenvalue weighted by atomic mass is 10.2. The van der Waals surface area contributed by atoms with Crippen LogP contribution in [0.4, 0.5) is 0 Å². The van der Waals surface area contributed by atoms with Crippen LogP contribution >= 0.6 is 24.0 Å². The molecule has 0 bridgehead atoms. The quantitative estimate of drug-likeness (QED) is 0.871. The maximum atomic E-state index is 11.5. The summed E-state index contributed by atoms with van der Waals surface area (Å²) in [6, 6.07) is 4.91. The van der Waals surface area contributed by atoms with E-state index in [0.29, 0.717) is 16.5 Å². The maximum absolute atomic E-state index is 11.5. The monoisotopic (exact) mass is 302 g/mol. The highest BCUT2D eigenvalue weighted by molar-refractivity contribution is 6.33. The fourth-order valence-electron chi connectivity index (χ4n) is 1.53. The topological polar surface area (TPSA) is 83.0 Å². The fraction of sp³-hybridized carbons (Fsp3) is 0.182. The largest absolute Gasteiger partial charge is 0.465 e. The maximum Gasteiger partial charge on any atom is 0.339 e. The van der Waals surface area contributed by atoms with Crippen molar-refractivity contribution < 1.29 is 9.53 Å². The number of methoxy groups -OCH3 is 1. The third kappa shape index (κ3) is 3.04. The van der Waals surface area contributed by atoms with Crippen molar-refractivity contribution in [2.75, 3.05) is 7.11 Å². The van der Waals surface area contributed by atoms with Gasteiger partial charge in [-0.25, -0.2) is 14.5 Å². The lowest BCUT2D eigenvalue weighted by molar-refractivity contribution is 0.0601. The van der Waals surface area contributed by atoms with Gasteiger partial charge in [-0.1, -0.05) is 11.6 Å². The lowest BCUT2D eigenvalue weighted by Gasteiger charge is -2.07. The molecular weight excluding hydrogens is 291 g/mol. The molecule has 0 aliphatic heterocycles. The molecular formula is C11H12Cl2N4O2. The number of hydrogen-bond donors (Lipinski definition) is 1. The van der Waals surface area contributed by atoms with E-state index in [1.165, 1.54) is 13.4 Å². The van der Waals surface area contributed by atoms with Crippen LogP contribution in [-0.2, 0) is 11.3 Å².